The summed E-state index contributed by atoms with van der Waals surface area (Å²) >= 11 is 3.45. The van der Waals surface area contributed by atoms with Crippen LogP contribution in [0.2, 0.25) is 0 Å². The molecule has 0 bridgehead atoms. The van der Waals surface area contributed by atoms with Gasteiger partial charge in [-0.15, -0.1) is 0 Å². The number of rotatable bonds is 4. The van der Waals surface area contributed by atoms with Gasteiger partial charge < -0.3 is 10.1 Å². The highest BCUT2D eigenvalue weighted by molar-refractivity contribution is 9.10. The summed E-state index contributed by atoms with van der Waals surface area (Å²) in [5.74, 6) is 1.86. The summed E-state index contributed by atoms with van der Waals surface area (Å²) < 4.78 is 6.85. The predicted octanol–water partition coefficient (Wildman–Crippen LogP) is 3.77. The topological polar surface area (TPSA) is 33.6 Å². The van der Waals surface area contributed by atoms with Crippen LogP contribution in [0.15, 0.2) is 58.0 Å². The van der Waals surface area contributed by atoms with Crippen LogP contribution in [0.1, 0.15) is 17.5 Å². The Morgan fingerprint density at radius 1 is 1.14 bits per heavy atom. The number of amidine groups is 1. The number of aliphatic imine (C=N–C) groups is 1. The zero-order valence-electron chi connectivity index (χ0n) is 11.7. The van der Waals surface area contributed by atoms with Gasteiger partial charge >= 0.3 is 0 Å². The maximum Gasteiger partial charge on any atom is 0.128 e. The van der Waals surface area contributed by atoms with Crippen molar-refractivity contribution >= 4 is 21.8 Å². The SMILES string of the molecule is Brc1cccc(OCc2cccc(C3=NCCCN3)c2)c1. The molecule has 1 aliphatic rings. The molecule has 0 aliphatic carbocycles. The van der Waals surface area contributed by atoms with Crippen molar-refractivity contribution < 1.29 is 4.74 Å². The number of nitrogens with one attached hydrogen (secondary N) is 1. The highest BCUT2D eigenvalue weighted by Gasteiger charge is 2.07. The molecule has 2 aromatic rings. The maximum atomic E-state index is 5.82. The second-order valence-corrected chi connectivity index (χ2v) is 5.87. The van der Waals surface area contributed by atoms with Crippen molar-refractivity contribution in [3.8, 4) is 5.75 Å². The van der Waals surface area contributed by atoms with E-state index in [0.29, 0.717) is 6.61 Å². The zero-order chi connectivity index (χ0) is 14.5. The Morgan fingerprint density at radius 3 is 2.86 bits per heavy atom. The van der Waals surface area contributed by atoms with Crippen molar-refractivity contribution in [3.63, 3.8) is 0 Å². The monoisotopic (exact) mass is 344 g/mol. The molecule has 0 amide bonds. The van der Waals surface area contributed by atoms with Gasteiger partial charge in [0.1, 0.15) is 18.2 Å². The van der Waals surface area contributed by atoms with Crippen molar-refractivity contribution in [2.24, 2.45) is 4.99 Å². The number of nitrogens with zero attached hydrogens (tertiary/aromatic N) is 1. The Kier molecular flexibility index (Phi) is 4.55. The molecule has 0 unspecified atom stereocenters. The van der Waals surface area contributed by atoms with Gasteiger partial charge in [-0.2, -0.15) is 0 Å². The third kappa shape index (κ3) is 3.85. The van der Waals surface area contributed by atoms with Crippen LogP contribution < -0.4 is 10.1 Å². The molecule has 0 aromatic heterocycles. The first-order chi connectivity index (χ1) is 10.3. The van der Waals surface area contributed by atoms with Crippen molar-refractivity contribution in [1.82, 2.24) is 5.32 Å². The third-order valence-corrected chi connectivity index (χ3v) is 3.79. The second kappa shape index (κ2) is 6.76. The summed E-state index contributed by atoms with van der Waals surface area (Å²) in [7, 11) is 0. The van der Waals surface area contributed by atoms with Gasteiger partial charge in [-0.05, 0) is 36.2 Å². The third-order valence-electron chi connectivity index (χ3n) is 3.30. The molecule has 0 spiro atoms. The first-order valence-electron chi connectivity index (χ1n) is 7.07. The van der Waals surface area contributed by atoms with E-state index >= 15 is 0 Å². The number of hydrogen-bond acceptors (Lipinski definition) is 3. The molecule has 3 nitrogen and oxygen atoms in total. The van der Waals surface area contributed by atoms with Gasteiger partial charge in [-0.25, -0.2) is 0 Å². The van der Waals surface area contributed by atoms with E-state index in [1.807, 2.05) is 30.3 Å². The lowest BCUT2D eigenvalue weighted by molar-refractivity contribution is 0.306. The molecule has 3 rings (SSSR count). The first-order valence-corrected chi connectivity index (χ1v) is 7.86. The largest absolute Gasteiger partial charge is 0.489 e. The van der Waals surface area contributed by atoms with E-state index in [4.69, 9.17) is 4.74 Å². The molecule has 0 saturated carbocycles. The van der Waals surface area contributed by atoms with E-state index in [2.05, 4.69) is 44.4 Å². The van der Waals surface area contributed by atoms with Crippen molar-refractivity contribution in [2.45, 2.75) is 13.0 Å². The van der Waals surface area contributed by atoms with Gasteiger partial charge in [0, 0.05) is 23.1 Å². The van der Waals surface area contributed by atoms with Crippen LogP contribution in [0, 0.1) is 0 Å². The number of ether oxygens (including phenoxy) is 1. The van der Waals surface area contributed by atoms with Gasteiger partial charge in [0.15, 0.2) is 0 Å². The summed E-state index contributed by atoms with van der Waals surface area (Å²) in [6.45, 7) is 2.45. The van der Waals surface area contributed by atoms with Crippen LogP contribution in [0.3, 0.4) is 0 Å². The molecule has 21 heavy (non-hydrogen) atoms. The average molecular weight is 345 g/mol. The molecule has 0 atom stereocenters. The van der Waals surface area contributed by atoms with E-state index in [-0.39, 0.29) is 0 Å². The molecule has 1 N–H and O–H groups in total. The highest BCUT2D eigenvalue weighted by Crippen LogP contribution is 2.19. The minimum absolute atomic E-state index is 0.553. The summed E-state index contributed by atoms with van der Waals surface area (Å²) in [4.78, 5) is 4.53. The number of benzene rings is 2. The van der Waals surface area contributed by atoms with Crippen LogP contribution in [0.5, 0.6) is 5.75 Å². The van der Waals surface area contributed by atoms with Crippen LogP contribution in [-0.2, 0) is 6.61 Å². The van der Waals surface area contributed by atoms with Crippen LogP contribution >= 0.6 is 15.9 Å². The van der Waals surface area contributed by atoms with E-state index in [1.54, 1.807) is 0 Å². The molecule has 1 aliphatic heterocycles. The van der Waals surface area contributed by atoms with Gasteiger partial charge in [0.2, 0.25) is 0 Å². The highest BCUT2D eigenvalue weighted by atomic mass is 79.9. The van der Waals surface area contributed by atoms with E-state index in [0.717, 1.165) is 46.7 Å². The molecule has 4 heteroatoms. The molecule has 1 heterocycles. The summed E-state index contributed by atoms with van der Waals surface area (Å²) in [6, 6.07) is 16.2. The predicted molar refractivity (Wildman–Crippen MR) is 88.9 cm³/mol. The van der Waals surface area contributed by atoms with E-state index < -0.39 is 0 Å². The van der Waals surface area contributed by atoms with Crippen molar-refractivity contribution in [1.29, 1.82) is 0 Å². The molecule has 2 aromatic carbocycles. The van der Waals surface area contributed by atoms with Crippen LogP contribution in [0.25, 0.3) is 0 Å². The maximum absolute atomic E-state index is 5.82. The number of hydrogen-bond donors (Lipinski definition) is 1. The fourth-order valence-electron chi connectivity index (χ4n) is 2.26. The van der Waals surface area contributed by atoms with Crippen molar-refractivity contribution in [2.75, 3.05) is 13.1 Å². The summed E-state index contributed by atoms with van der Waals surface area (Å²) in [6.07, 6.45) is 1.11. The molecular formula is C17H17BrN2O. The van der Waals surface area contributed by atoms with E-state index in [1.165, 1.54) is 0 Å². The smallest absolute Gasteiger partial charge is 0.128 e. The van der Waals surface area contributed by atoms with E-state index in [9.17, 15) is 0 Å². The fourth-order valence-corrected chi connectivity index (χ4v) is 2.64. The lowest BCUT2D eigenvalue weighted by Gasteiger charge is -2.15. The zero-order valence-corrected chi connectivity index (χ0v) is 13.3. The minimum atomic E-state index is 0.553. The molecule has 108 valence electrons. The normalized spacial score (nSPS) is 14.2. The Labute approximate surface area is 133 Å². The van der Waals surface area contributed by atoms with Gasteiger partial charge in [-0.1, -0.05) is 40.2 Å². The first kappa shape index (κ1) is 14.1. The average Bonchev–Trinajstić information content (AvgIpc) is 2.54. The van der Waals surface area contributed by atoms with Crippen LogP contribution in [-0.4, -0.2) is 18.9 Å². The Balaban J connectivity index is 1.70. The van der Waals surface area contributed by atoms with Gasteiger partial charge in [0.25, 0.3) is 0 Å². The Morgan fingerprint density at radius 2 is 2.05 bits per heavy atom. The Bertz CT molecular complexity index is 655. The van der Waals surface area contributed by atoms with Gasteiger partial charge in [0.05, 0.1) is 0 Å². The lowest BCUT2D eigenvalue weighted by Crippen LogP contribution is -2.30. The molecule has 0 fully saturated rings. The second-order valence-electron chi connectivity index (χ2n) is 4.96. The summed E-state index contributed by atoms with van der Waals surface area (Å²) in [5, 5.41) is 3.35. The minimum Gasteiger partial charge on any atom is -0.489 e. The molecule has 0 saturated heterocycles. The lowest BCUT2D eigenvalue weighted by atomic mass is 10.1. The molecular weight excluding hydrogens is 328 g/mol. The molecule has 0 radical (unpaired) electrons. The summed E-state index contributed by atoms with van der Waals surface area (Å²) in [5.41, 5.74) is 2.27. The number of halogens is 1. The van der Waals surface area contributed by atoms with Crippen molar-refractivity contribution in [3.05, 3.63) is 64.1 Å². The standard InChI is InChI=1S/C17H17BrN2O/c18-15-6-2-7-16(11-15)21-12-13-4-1-5-14(10-13)17-19-8-3-9-20-17/h1-2,4-7,10-11H,3,8-9,12H2,(H,19,20). The van der Waals surface area contributed by atoms with Gasteiger partial charge in [-0.3, -0.25) is 4.99 Å². The quantitative estimate of drug-likeness (QED) is 0.915. The van der Waals surface area contributed by atoms with Crippen LogP contribution in [0.4, 0.5) is 0 Å². The fraction of sp³-hybridized carbons (Fsp3) is 0.235. The Hall–Kier alpha value is -1.81.